The van der Waals surface area contributed by atoms with E-state index >= 15 is 0 Å². The Labute approximate surface area is 83.6 Å². The maximum atomic E-state index is 12.2. The van der Waals surface area contributed by atoms with Crippen molar-refractivity contribution in [3.63, 3.8) is 0 Å². The topological polar surface area (TPSA) is 32.3 Å². The summed E-state index contributed by atoms with van der Waals surface area (Å²) in [7, 11) is 0. The first-order chi connectivity index (χ1) is 6.81. The maximum absolute atomic E-state index is 12.2. The van der Waals surface area contributed by atoms with Gasteiger partial charge in [0.25, 0.3) is 0 Å². The highest BCUT2D eigenvalue weighted by Gasteiger charge is 2.34. The van der Waals surface area contributed by atoms with Gasteiger partial charge in [-0.25, -0.2) is 0 Å². The summed E-state index contributed by atoms with van der Waals surface area (Å²) in [6.45, 7) is 2.80. The molecule has 1 atom stereocenters. The van der Waals surface area contributed by atoms with Crippen LogP contribution in [-0.2, 0) is 4.79 Å². The zero-order valence-corrected chi connectivity index (χ0v) is 8.34. The van der Waals surface area contributed by atoms with Crippen LogP contribution in [0.5, 0.6) is 0 Å². The van der Waals surface area contributed by atoms with Gasteiger partial charge in [-0.05, 0) is 19.4 Å². The van der Waals surface area contributed by atoms with Gasteiger partial charge in [0.15, 0.2) is 0 Å². The van der Waals surface area contributed by atoms with Crippen LogP contribution in [0.2, 0.25) is 0 Å². The smallest absolute Gasteiger partial charge is 0.226 e. The zero-order chi connectivity index (χ0) is 9.97. The Hall–Kier alpha value is -0.640. The van der Waals surface area contributed by atoms with Crippen molar-refractivity contribution in [1.82, 2.24) is 10.2 Å². The Kier molecular flexibility index (Phi) is 3.01. The number of nitrogens with one attached hydrogen (secondary N) is 1. The van der Waals surface area contributed by atoms with Gasteiger partial charge in [0.1, 0.15) is 0 Å². The molecule has 1 amide bonds. The van der Waals surface area contributed by atoms with Crippen LogP contribution in [-0.4, -0.2) is 43.7 Å². The Morgan fingerprint density at radius 2 is 2.29 bits per heavy atom. The molecule has 0 aliphatic carbocycles. The quantitative estimate of drug-likeness (QED) is 0.700. The summed E-state index contributed by atoms with van der Waals surface area (Å²) in [4.78, 5) is 13.6. The van der Waals surface area contributed by atoms with E-state index in [0.29, 0.717) is 13.1 Å². The molecule has 0 saturated carbocycles. The van der Waals surface area contributed by atoms with Crippen LogP contribution in [0.25, 0.3) is 0 Å². The second-order valence-corrected chi connectivity index (χ2v) is 4.31. The minimum Gasteiger partial charge on any atom is -0.342 e. The Bertz CT molecular complexity index is 210. The van der Waals surface area contributed by atoms with Gasteiger partial charge in [-0.1, -0.05) is 0 Å². The third-order valence-electron chi connectivity index (χ3n) is 3.13. The summed E-state index contributed by atoms with van der Waals surface area (Å²) in [5.41, 5.74) is 0. The van der Waals surface area contributed by atoms with Gasteiger partial charge in [-0.2, -0.15) is 0 Å². The van der Waals surface area contributed by atoms with Crippen LogP contribution in [0.15, 0.2) is 0 Å². The van der Waals surface area contributed by atoms with Gasteiger partial charge in [0.2, 0.25) is 5.91 Å². The largest absolute Gasteiger partial charge is 0.342 e. The second kappa shape index (κ2) is 4.26. The van der Waals surface area contributed by atoms with Crippen molar-refractivity contribution in [1.29, 1.82) is 0 Å². The summed E-state index contributed by atoms with van der Waals surface area (Å²) in [6, 6.07) is 0. The number of piperidine rings is 1. The predicted octanol–water partition coefficient (Wildman–Crippen LogP) is 0.414. The highest BCUT2D eigenvalue weighted by molar-refractivity contribution is 5.80. The van der Waals surface area contributed by atoms with Crippen LogP contribution >= 0.6 is 0 Å². The van der Waals surface area contributed by atoms with E-state index in [-0.39, 0.29) is 24.4 Å². The van der Waals surface area contributed by atoms with Crippen molar-refractivity contribution in [2.75, 3.05) is 32.9 Å². The minimum absolute atomic E-state index is 0.107. The molecule has 0 aromatic carbocycles. The van der Waals surface area contributed by atoms with Crippen LogP contribution in [0, 0.1) is 11.8 Å². The molecule has 2 aliphatic heterocycles. The SMILES string of the molecule is O=C([C@H]1CCCNC1)N1CC(CF)C1. The maximum Gasteiger partial charge on any atom is 0.226 e. The molecule has 3 nitrogen and oxygen atoms in total. The number of nitrogens with zero attached hydrogens (tertiary/aromatic N) is 1. The average molecular weight is 200 g/mol. The molecule has 2 aliphatic rings. The third-order valence-corrected chi connectivity index (χ3v) is 3.13. The summed E-state index contributed by atoms with van der Waals surface area (Å²) in [6.07, 6.45) is 2.07. The molecule has 0 radical (unpaired) electrons. The first-order valence-corrected chi connectivity index (χ1v) is 5.36. The van der Waals surface area contributed by atoms with Crippen molar-refractivity contribution >= 4 is 5.91 Å². The molecular weight excluding hydrogens is 183 g/mol. The molecule has 1 N–H and O–H groups in total. The van der Waals surface area contributed by atoms with Gasteiger partial charge in [-0.15, -0.1) is 0 Å². The lowest BCUT2D eigenvalue weighted by atomic mass is 9.94. The van der Waals surface area contributed by atoms with E-state index in [2.05, 4.69) is 5.32 Å². The van der Waals surface area contributed by atoms with Gasteiger partial charge < -0.3 is 10.2 Å². The lowest BCUT2D eigenvalue weighted by Crippen LogP contribution is -2.54. The first-order valence-electron chi connectivity index (χ1n) is 5.36. The molecule has 2 fully saturated rings. The monoisotopic (exact) mass is 200 g/mol. The van der Waals surface area contributed by atoms with Gasteiger partial charge in [0, 0.05) is 25.6 Å². The Morgan fingerprint density at radius 3 is 2.86 bits per heavy atom. The minimum atomic E-state index is -0.285. The van der Waals surface area contributed by atoms with Crippen LogP contribution in [0.4, 0.5) is 4.39 Å². The fourth-order valence-electron chi connectivity index (χ4n) is 2.17. The lowest BCUT2D eigenvalue weighted by Gasteiger charge is -2.40. The predicted molar refractivity (Wildman–Crippen MR) is 51.6 cm³/mol. The van der Waals surface area contributed by atoms with Gasteiger partial charge in [-0.3, -0.25) is 9.18 Å². The van der Waals surface area contributed by atoms with E-state index in [4.69, 9.17) is 0 Å². The van der Waals surface area contributed by atoms with Crippen molar-refractivity contribution in [2.45, 2.75) is 12.8 Å². The van der Waals surface area contributed by atoms with E-state index < -0.39 is 0 Å². The molecule has 2 heterocycles. The molecule has 2 saturated heterocycles. The number of rotatable bonds is 2. The Balaban J connectivity index is 1.78. The Morgan fingerprint density at radius 1 is 1.50 bits per heavy atom. The number of carbonyl (C=O) groups is 1. The highest BCUT2D eigenvalue weighted by Crippen LogP contribution is 2.21. The molecule has 4 heteroatoms. The van der Waals surface area contributed by atoms with Gasteiger partial charge >= 0.3 is 0 Å². The first kappa shape index (κ1) is 9.90. The van der Waals surface area contributed by atoms with E-state index in [1.165, 1.54) is 0 Å². The zero-order valence-electron chi connectivity index (χ0n) is 8.34. The van der Waals surface area contributed by atoms with E-state index in [9.17, 15) is 9.18 Å². The molecule has 0 aromatic heterocycles. The number of likely N-dealkylation sites (tertiary alicyclic amines) is 1. The van der Waals surface area contributed by atoms with E-state index in [1.807, 2.05) is 0 Å². The normalized spacial score (nSPS) is 28.6. The summed E-state index contributed by atoms with van der Waals surface area (Å²) >= 11 is 0. The number of carbonyl (C=O) groups excluding carboxylic acids is 1. The number of amides is 1. The number of hydrogen-bond donors (Lipinski definition) is 1. The van der Waals surface area contributed by atoms with Crippen LogP contribution < -0.4 is 5.32 Å². The highest BCUT2D eigenvalue weighted by atomic mass is 19.1. The molecule has 14 heavy (non-hydrogen) atoms. The second-order valence-electron chi connectivity index (χ2n) is 4.31. The third kappa shape index (κ3) is 1.90. The molecule has 0 aromatic rings. The molecule has 0 spiro atoms. The molecule has 80 valence electrons. The number of alkyl halides is 1. The van der Waals surface area contributed by atoms with Crippen molar-refractivity contribution in [3.05, 3.63) is 0 Å². The molecule has 0 bridgehead atoms. The fourth-order valence-corrected chi connectivity index (χ4v) is 2.17. The van der Waals surface area contributed by atoms with Crippen molar-refractivity contribution < 1.29 is 9.18 Å². The summed E-state index contributed by atoms with van der Waals surface area (Å²) < 4.78 is 12.2. The lowest BCUT2D eigenvalue weighted by molar-refractivity contribution is -0.142. The van der Waals surface area contributed by atoms with E-state index in [0.717, 1.165) is 25.9 Å². The molecule has 0 unspecified atom stereocenters. The van der Waals surface area contributed by atoms with Crippen molar-refractivity contribution in [2.24, 2.45) is 11.8 Å². The standard InChI is InChI=1S/C10H17FN2O/c11-4-8-6-13(7-8)10(14)9-2-1-3-12-5-9/h8-9,12H,1-7H2/t9-/m0/s1. The number of hydrogen-bond acceptors (Lipinski definition) is 2. The number of halogens is 1. The summed E-state index contributed by atoms with van der Waals surface area (Å²) in [5.74, 6) is 0.474. The fraction of sp³-hybridized carbons (Fsp3) is 0.900. The summed E-state index contributed by atoms with van der Waals surface area (Å²) in [5, 5.41) is 3.22. The van der Waals surface area contributed by atoms with Crippen LogP contribution in [0.3, 0.4) is 0 Å². The van der Waals surface area contributed by atoms with Crippen molar-refractivity contribution in [3.8, 4) is 0 Å². The van der Waals surface area contributed by atoms with E-state index in [1.54, 1.807) is 4.90 Å². The molecular formula is C10H17FN2O. The average Bonchev–Trinajstić information content (AvgIpc) is 2.17. The van der Waals surface area contributed by atoms with Gasteiger partial charge in [0.05, 0.1) is 12.6 Å². The van der Waals surface area contributed by atoms with Crippen LogP contribution in [0.1, 0.15) is 12.8 Å². The molecule has 2 rings (SSSR count).